The molecule has 1 aromatic rings. The molecular weight excluding hydrogens is 282 g/mol. The van der Waals surface area contributed by atoms with Crippen molar-refractivity contribution in [1.29, 1.82) is 0 Å². The van der Waals surface area contributed by atoms with Crippen LogP contribution in [0.25, 0.3) is 0 Å². The van der Waals surface area contributed by atoms with E-state index in [1.807, 2.05) is 0 Å². The zero-order valence-electron chi connectivity index (χ0n) is 10.4. The molecule has 0 atom stereocenters. The van der Waals surface area contributed by atoms with Crippen LogP contribution in [-0.4, -0.2) is 46.2 Å². The minimum absolute atomic E-state index is 0.0504. The summed E-state index contributed by atoms with van der Waals surface area (Å²) in [6.45, 7) is 2.58. The molecule has 0 bridgehead atoms. The van der Waals surface area contributed by atoms with Crippen LogP contribution in [0.2, 0.25) is 5.02 Å². The van der Waals surface area contributed by atoms with Crippen LogP contribution in [0.15, 0.2) is 11.2 Å². The standard InChI is InChI=1S/C9H14ClN3O4S/c1-9(2,8(14)15)13(4)18(16,17)7-6(10)5-11-12(7)3/h5H,1-4H3,(H,14,15). The van der Waals surface area contributed by atoms with E-state index in [2.05, 4.69) is 5.10 Å². The van der Waals surface area contributed by atoms with Gasteiger partial charge in [-0.2, -0.15) is 9.40 Å². The molecule has 0 saturated carbocycles. The molecule has 0 spiro atoms. The summed E-state index contributed by atoms with van der Waals surface area (Å²) in [7, 11) is -1.43. The van der Waals surface area contributed by atoms with Gasteiger partial charge in [0.2, 0.25) is 0 Å². The lowest BCUT2D eigenvalue weighted by Gasteiger charge is -2.30. The minimum atomic E-state index is -4.04. The largest absolute Gasteiger partial charge is 0.480 e. The third kappa shape index (κ3) is 2.23. The molecular formula is C9H14ClN3O4S. The number of aryl methyl sites for hydroxylation is 1. The molecule has 18 heavy (non-hydrogen) atoms. The summed E-state index contributed by atoms with van der Waals surface area (Å²) in [4.78, 5) is 11.1. The topological polar surface area (TPSA) is 92.5 Å². The molecule has 0 amide bonds. The lowest BCUT2D eigenvalue weighted by molar-refractivity contribution is -0.145. The number of hydrogen-bond donors (Lipinski definition) is 1. The van der Waals surface area contributed by atoms with Crippen molar-refractivity contribution in [2.24, 2.45) is 7.05 Å². The second-order valence-electron chi connectivity index (χ2n) is 4.26. The summed E-state index contributed by atoms with van der Waals surface area (Å²) in [5, 5.41) is 12.5. The van der Waals surface area contributed by atoms with Gasteiger partial charge in [-0.3, -0.25) is 9.48 Å². The van der Waals surface area contributed by atoms with Crippen molar-refractivity contribution in [3.8, 4) is 0 Å². The van der Waals surface area contributed by atoms with E-state index in [0.717, 1.165) is 8.99 Å². The van der Waals surface area contributed by atoms with Gasteiger partial charge in [0.1, 0.15) is 5.54 Å². The van der Waals surface area contributed by atoms with E-state index >= 15 is 0 Å². The van der Waals surface area contributed by atoms with Crippen LogP contribution in [0.1, 0.15) is 13.8 Å². The average Bonchev–Trinajstić information content (AvgIpc) is 2.57. The van der Waals surface area contributed by atoms with Crippen molar-refractivity contribution < 1.29 is 18.3 Å². The monoisotopic (exact) mass is 295 g/mol. The van der Waals surface area contributed by atoms with Gasteiger partial charge < -0.3 is 5.11 Å². The fraction of sp³-hybridized carbons (Fsp3) is 0.556. The number of nitrogens with zero attached hydrogens (tertiary/aromatic N) is 3. The quantitative estimate of drug-likeness (QED) is 0.876. The van der Waals surface area contributed by atoms with Gasteiger partial charge in [0.25, 0.3) is 10.0 Å². The van der Waals surface area contributed by atoms with Crippen molar-refractivity contribution in [3.63, 3.8) is 0 Å². The third-order valence-corrected chi connectivity index (χ3v) is 5.30. The molecule has 0 aliphatic carbocycles. The Morgan fingerprint density at radius 1 is 1.56 bits per heavy atom. The first-order valence-electron chi connectivity index (χ1n) is 4.93. The molecule has 0 aliphatic heterocycles. The average molecular weight is 296 g/mol. The van der Waals surface area contributed by atoms with E-state index in [1.165, 1.54) is 34.1 Å². The highest BCUT2D eigenvalue weighted by molar-refractivity contribution is 7.89. The van der Waals surface area contributed by atoms with E-state index in [-0.39, 0.29) is 10.0 Å². The molecule has 9 heteroatoms. The molecule has 1 N–H and O–H groups in total. The highest BCUT2D eigenvalue weighted by Gasteiger charge is 2.42. The molecule has 0 aliphatic rings. The van der Waals surface area contributed by atoms with Crippen LogP contribution in [0, 0.1) is 0 Å². The van der Waals surface area contributed by atoms with Crippen LogP contribution in [0.3, 0.4) is 0 Å². The smallest absolute Gasteiger partial charge is 0.324 e. The van der Waals surface area contributed by atoms with Crippen LogP contribution < -0.4 is 0 Å². The third-order valence-electron chi connectivity index (χ3n) is 2.76. The summed E-state index contributed by atoms with van der Waals surface area (Å²) in [5.41, 5.74) is -1.59. The minimum Gasteiger partial charge on any atom is -0.480 e. The van der Waals surface area contributed by atoms with Gasteiger partial charge in [0.15, 0.2) is 5.03 Å². The number of rotatable bonds is 4. The maximum absolute atomic E-state index is 12.3. The Morgan fingerprint density at radius 2 is 2.06 bits per heavy atom. The first-order valence-corrected chi connectivity index (χ1v) is 6.74. The molecule has 0 saturated heterocycles. The Kier molecular flexibility index (Phi) is 3.75. The van der Waals surface area contributed by atoms with Gasteiger partial charge in [0, 0.05) is 14.1 Å². The fourth-order valence-electron chi connectivity index (χ4n) is 1.25. The van der Waals surface area contributed by atoms with Crippen LogP contribution in [0.5, 0.6) is 0 Å². The molecule has 1 heterocycles. The first kappa shape index (κ1) is 14.9. The summed E-state index contributed by atoms with van der Waals surface area (Å²) in [6.07, 6.45) is 1.19. The van der Waals surface area contributed by atoms with Crippen LogP contribution in [0.4, 0.5) is 0 Å². The predicted octanol–water partition coefficient (Wildman–Crippen LogP) is 0.557. The highest BCUT2D eigenvalue weighted by atomic mass is 35.5. The van der Waals surface area contributed by atoms with E-state index in [0.29, 0.717) is 0 Å². The van der Waals surface area contributed by atoms with Crippen molar-refractivity contribution >= 4 is 27.6 Å². The second-order valence-corrected chi connectivity index (χ2v) is 6.55. The first-order chi connectivity index (χ1) is 8.02. The fourth-order valence-corrected chi connectivity index (χ4v) is 3.33. The van der Waals surface area contributed by atoms with Gasteiger partial charge in [-0.05, 0) is 13.8 Å². The normalized spacial score (nSPS) is 13.0. The van der Waals surface area contributed by atoms with Crippen molar-refractivity contribution in [3.05, 3.63) is 11.2 Å². The predicted molar refractivity (Wildman–Crippen MR) is 64.9 cm³/mol. The van der Waals surface area contributed by atoms with E-state index in [1.54, 1.807) is 0 Å². The molecule has 102 valence electrons. The SMILES string of the molecule is CN(C(C)(C)C(=O)O)S(=O)(=O)c1c(Cl)cnn1C. The lowest BCUT2D eigenvalue weighted by Crippen LogP contribution is -2.51. The van der Waals surface area contributed by atoms with E-state index < -0.39 is 21.5 Å². The highest BCUT2D eigenvalue weighted by Crippen LogP contribution is 2.27. The molecule has 0 radical (unpaired) electrons. The maximum atomic E-state index is 12.3. The number of halogens is 1. The maximum Gasteiger partial charge on any atom is 0.324 e. The van der Waals surface area contributed by atoms with Gasteiger partial charge in [-0.1, -0.05) is 11.6 Å². The Bertz CT molecular complexity index is 559. The van der Waals surface area contributed by atoms with Gasteiger partial charge in [-0.15, -0.1) is 0 Å². The Balaban J connectivity index is 3.37. The Morgan fingerprint density at radius 3 is 2.39 bits per heavy atom. The summed E-state index contributed by atoms with van der Waals surface area (Å²) in [5.74, 6) is -1.26. The molecule has 1 aromatic heterocycles. The zero-order chi connectivity index (χ0) is 14.3. The Hall–Kier alpha value is -1.12. The van der Waals surface area contributed by atoms with Gasteiger partial charge >= 0.3 is 5.97 Å². The summed E-state index contributed by atoms with van der Waals surface area (Å²) >= 11 is 5.77. The number of carboxylic acids is 1. The van der Waals surface area contributed by atoms with Crippen molar-refractivity contribution in [1.82, 2.24) is 14.1 Å². The zero-order valence-corrected chi connectivity index (χ0v) is 11.9. The van der Waals surface area contributed by atoms with Crippen molar-refractivity contribution in [2.75, 3.05) is 7.05 Å². The van der Waals surface area contributed by atoms with Gasteiger partial charge in [0.05, 0.1) is 11.2 Å². The number of sulfonamides is 1. The molecule has 0 fully saturated rings. The lowest BCUT2D eigenvalue weighted by atomic mass is 10.1. The van der Waals surface area contributed by atoms with E-state index in [9.17, 15) is 13.2 Å². The van der Waals surface area contributed by atoms with Crippen molar-refractivity contribution in [2.45, 2.75) is 24.4 Å². The van der Waals surface area contributed by atoms with Crippen LogP contribution >= 0.6 is 11.6 Å². The van der Waals surface area contributed by atoms with Gasteiger partial charge in [-0.25, -0.2) is 8.42 Å². The molecule has 1 rings (SSSR count). The number of carboxylic acid groups (broad SMARTS) is 1. The number of likely N-dealkylation sites (N-methyl/N-ethyl adjacent to an activating group) is 1. The molecule has 7 nitrogen and oxygen atoms in total. The number of aromatic nitrogens is 2. The number of carbonyl (C=O) groups is 1. The number of hydrogen-bond acceptors (Lipinski definition) is 4. The summed E-state index contributed by atoms with van der Waals surface area (Å²) < 4.78 is 26.5. The van der Waals surface area contributed by atoms with Crippen LogP contribution in [-0.2, 0) is 21.9 Å². The molecule has 0 aromatic carbocycles. The molecule has 0 unspecified atom stereocenters. The summed E-state index contributed by atoms with van der Waals surface area (Å²) in [6, 6.07) is 0. The number of aliphatic carboxylic acids is 1. The Labute approximate surface area is 110 Å². The van der Waals surface area contributed by atoms with E-state index in [4.69, 9.17) is 16.7 Å². The second kappa shape index (κ2) is 4.52.